The average Bonchev–Trinajstić information content (AvgIpc) is 3.16. The first-order chi connectivity index (χ1) is 15.6. The van der Waals surface area contributed by atoms with Gasteiger partial charge in [0.2, 0.25) is 0 Å². The number of benzene rings is 1. The lowest BCUT2D eigenvalue weighted by Gasteiger charge is -2.36. The molecule has 3 saturated heterocycles. The van der Waals surface area contributed by atoms with Crippen molar-refractivity contribution in [1.82, 2.24) is 19.6 Å². The molecule has 0 aliphatic carbocycles. The van der Waals surface area contributed by atoms with Crippen molar-refractivity contribution < 1.29 is 19.4 Å². The van der Waals surface area contributed by atoms with Gasteiger partial charge in [-0.15, -0.1) is 0 Å². The van der Waals surface area contributed by atoms with Gasteiger partial charge in [0, 0.05) is 64.8 Å². The highest BCUT2D eigenvalue weighted by Crippen LogP contribution is 2.24. The van der Waals surface area contributed by atoms with E-state index in [-0.39, 0.29) is 24.7 Å². The summed E-state index contributed by atoms with van der Waals surface area (Å²) in [6.07, 6.45) is 2.74. The Morgan fingerprint density at radius 1 is 0.969 bits per heavy atom. The molecule has 1 N–H and O–H groups in total. The van der Waals surface area contributed by atoms with Crippen LogP contribution in [0.5, 0.6) is 0 Å². The van der Waals surface area contributed by atoms with Crippen molar-refractivity contribution in [1.29, 1.82) is 0 Å². The number of carboxylic acids is 1. The summed E-state index contributed by atoms with van der Waals surface area (Å²) in [6, 6.07) is 10.8. The maximum Gasteiger partial charge on any atom is 0.410 e. The molecule has 4 rings (SSSR count). The number of nitrogens with zero attached hydrogens (tertiary/aromatic N) is 4. The van der Waals surface area contributed by atoms with Crippen LogP contribution in [0.3, 0.4) is 0 Å². The van der Waals surface area contributed by atoms with Gasteiger partial charge in [-0.2, -0.15) is 0 Å². The number of ether oxygens (including phenoxy) is 1. The third kappa shape index (κ3) is 6.43. The molecule has 1 atom stereocenters. The van der Waals surface area contributed by atoms with Gasteiger partial charge in [-0.05, 0) is 31.4 Å². The maximum absolute atomic E-state index is 12.5. The van der Waals surface area contributed by atoms with Crippen LogP contribution in [0.15, 0.2) is 30.3 Å². The van der Waals surface area contributed by atoms with E-state index >= 15 is 0 Å². The van der Waals surface area contributed by atoms with Crippen molar-refractivity contribution in [3.63, 3.8) is 0 Å². The van der Waals surface area contributed by atoms with Crippen molar-refractivity contribution in [2.24, 2.45) is 0 Å². The number of rotatable bonds is 9. The van der Waals surface area contributed by atoms with Crippen LogP contribution in [0.2, 0.25) is 0 Å². The molecule has 8 nitrogen and oxygen atoms in total. The van der Waals surface area contributed by atoms with Crippen LogP contribution >= 0.6 is 0 Å². The fourth-order valence-corrected chi connectivity index (χ4v) is 5.10. The number of carbonyl (C=O) groups is 2. The van der Waals surface area contributed by atoms with Crippen molar-refractivity contribution in [2.75, 3.05) is 58.9 Å². The van der Waals surface area contributed by atoms with Gasteiger partial charge in [0.05, 0.1) is 6.54 Å². The molecule has 1 unspecified atom stereocenters. The van der Waals surface area contributed by atoms with E-state index in [1.165, 1.54) is 5.56 Å². The summed E-state index contributed by atoms with van der Waals surface area (Å²) in [5.41, 5.74) is 1.34. The Labute approximate surface area is 190 Å². The number of carboxylic acid groups (broad SMARTS) is 1. The molecule has 32 heavy (non-hydrogen) atoms. The van der Waals surface area contributed by atoms with E-state index in [1.807, 2.05) is 11.0 Å². The second kappa shape index (κ2) is 11.1. The smallest absolute Gasteiger partial charge is 0.410 e. The molecule has 1 aromatic rings. The molecule has 3 aliphatic rings. The monoisotopic (exact) mass is 444 g/mol. The van der Waals surface area contributed by atoms with Crippen molar-refractivity contribution in [3.05, 3.63) is 35.9 Å². The minimum Gasteiger partial charge on any atom is -0.481 e. The number of piperidine rings is 1. The molecule has 1 aromatic carbocycles. The summed E-state index contributed by atoms with van der Waals surface area (Å²) in [5.74, 6) is -0.724. The largest absolute Gasteiger partial charge is 0.481 e. The topological polar surface area (TPSA) is 76.6 Å². The molecule has 3 fully saturated rings. The van der Waals surface area contributed by atoms with E-state index in [0.29, 0.717) is 13.0 Å². The first-order valence-electron chi connectivity index (χ1n) is 12.0. The Morgan fingerprint density at radius 3 is 2.34 bits per heavy atom. The zero-order valence-electron chi connectivity index (χ0n) is 18.9. The molecule has 1 amide bonds. The van der Waals surface area contributed by atoms with Crippen LogP contribution in [0.1, 0.15) is 31.2 Å². The third-order valence-electron chi connectivity index (χ3n) is 6.94. The number of carbonyl (C=O) groups excluding carboxylic acids is 1. The van der Waals surface area contributed by atoms with E-state index < -0.39 is 5.97 Å². The molecule has 0 aromatic heterocycles. The van der Waals surface area contributed by atoms with Crippen LogP contribution < -0.4 is 0 Å². The molecule has 176 valence electrons. The standard InChI is InChI=1S/C24H36N4O4/c29-23(30)7-4-10-25-13-15-27(16-14-25)18-22-19-28(24(31)32-22)21-8-11-26(12-9-21)17-20-5-2-1-3-6-20/h1-3,5-6,21-22H,4,7-19H2,(H,29,30). The zero-order valence-corrected chi connectivity index (χ0v) is 18.9. The number of amides is 1. The normalized spacial score (nSPS) is 24.1. The van der Waals surface area contributed by atoms with Crippen LogP contribution in [-0.4, -0.2) is 108 Å². The predicted molar refractivity (Wildman–Crippen MR) is 121 cm³/mol. The molecule has 0 radical (unpaired) electrons. The summed E-state index contributed by atoms with van der Waals surface area (Å²) in [6.45, 7) is 9.11. The maximum atomic E-state index is 12.5. The van der Waals surface area contributed by atoms with E-state index in [9.17, 15) is 9.59 Å². The van der Waals surface area contributed by atoms with E-state index in [1.54, 1.807) is 0 Å². The lowest BCUT2D eigenvalue weighted by molar-refractivity contribution is -0.137. The van der Waals surface area contributed by atoms with Crippen LogP contribution in [0.4, 0.5) is 4.79 Å². The van der Waals surface area contributed by atoms with Crippen LogP contribution in [0, 0.1) is 0 Å². The number of hydrogen-bond donors (Lipinski definition) is 1. The molecule has 0 saturated carbocycles. The van der Waals surface area contributed by atoms with E-state index in [2.05, 4.69) is 39.0 Å². The summed E-state index contributed by atoms with van der Waals surface area (Å²) < 4.78 is 5.72. The van der Waals surface area contributed by atoms with E-state index in [0.717, 1.165) is 71.7 Å². The molecular formula is C24H36N4O4. The number of hydrogen-bond acceptors (Lipinski definition) is 6. The van der Waals surface area contributed by atoms with E-state index in [4.69, 9.17) is 9.84 Å². The number of cyclic esters (lactones) is 1. The van der Waals surface area contributed by atoms with Gasteiger partial charge in [-0.1, -0.05) is 30.3 Å². The molecular weight excluding hydrogens is 408 g/mol. The highest BCUT2D eigenvalue weighted by atomic mass is 16.6. The molecule has 3 heterocycles. The fourth-order valence-electron chi connectivity index (χ4n) is 5.10. The number of piperazine rings is 1. The van der Waals surface area contributed by atoms with Gasteiger partial charge in [-0.3, -0.25) is 14.6 Å². The summed E-state index contributed by atoms with van der Waals surface area (Å²) in [7, 11) is 0. The highest BCUT2D eigenvalue weighted by Gasteiger charge is 2.38. The first kappa shape index (κ1) is 23.0. The average molecular weight is 445 g/mol. The predicted octanol–water partition coefficient (Wildman–Crippen LogP) is 1.95. The minimum atomic E-state index is -0.724. The van der Waals surface area contributed by atoms with Gasteiger partial charge in [0.15, 0.2) is 0 Å². The SMILES string of the molecule is O=C(O)CCCN1CCN(CC2CN(C3CCN(Cc4ccccc4)CC3)C(=O)O2)CC1. The van der Waals surface area contributed by atoms with Gasteiger partial charge in [0.1, 0.15) is 6.10 Å². The Balaban J connectivity index is 1.16. The Hall–Kier alpha value is -2.16. The second-order valence-electron chi connectivity index (χ2n) is 9.29. The van der Waals surface area contributed by atoms with Gasteiger partial charge in [-0.25, -0.2) is 4.79 Å². The third-order valence-corrected chi connectivity index (χ3v) is 6.94. The van der Waals surface area contributed by atoms with Crippen molar-refractivity contribution in [2.45, 2.75) is 44.4 Å². The van der Waals surface area contributed by atoms with Crippen molar-refractivity contribution >= 4 is 12.1 Å². The quantitative estimate of drug-likeness (QED) is 0.624. The lowest BCUT2D eigenvalue weighted by atomic mass is 10.0. The van der Waals surface area contributed by atoms with Crippen molar-refractivity contribution in [3.8, 4) is 0 Å². The van der Waals surface area contributed by atoms with Gasteiger partial charge < -0.3 is 19.6 Å². The van der Waals surface area contributed by atoms with Crippen LogP contribution in [-0.2, 0) is 16.1 Å². The zero-order chi connectivity index (χ0) is 22.3. The first-order valence-corrected chi connectivity index (χ1v) is 12.0. The molecule has 0 bridgehead atoms. The number of likely N-dealkylation sites (tertiary alicyclic amines) is 1. The summed E-state index contributed by atoms with van der Waals surface area (Å²) in [5, 5.41) is 8.78. The fraction of sp³-hybridized carbons (Fsp3) is 0.667. The molecule has 0 spiro atoms. The Morgan fingerprint density at radius 2 is 1.66 bits per heavy atom. The summed E-state index contributed by atoms with van der Waals surface area (Å²) in [4.78, 5) is 32.3. The second-order valence-corrected chi connectivity index (χ2v) is 9.29. The molecule has 3 aliphatic heterocycles. The highest BCUT2D eigenvalue weighted by molar-refractivity contribution is 5.70. The Bertz CT molecular complexity index is 746. The lowest BCUT2D eigenvalue weighted by Crippen LogP contribution is -2.49. The minimum absolute atomic E-state index is 0.0524. The molecule has 8 heteroatoms. The van der Waals surface area contributed by atoms with Gasteiger partial charge in [0.25, 0.3) is 0 Å². The summed E-state index contributed by atoms with van der Waals surface area (Å²) >= 11 is 0. The number of aliphatic carboxylic acids is 1. The van der Waals surface area contributed by atoms with Crippen LogP contribution in [0.25, 0.3) is 0 Å². The van der Waals surface area contributed by atoms with Gasteiger partial charge >= 0.3 is 12.1 Å². The Kier molecular flexibility index (Phi) is 8.00.